The van der Waals surface area contributed by atoms with E-state index in [0.29, 0.717) is 13.1 Å². The summed E-state index contributed by atoms with van der Waals surface area (Å²) in [6, 6.07) is 8.40. The first-order valence-electron chi connectivity index (χ1n) is 5.88. The molecule has 92 valence electrons. The van der Waals surface area contributed by atoms with Gasteiger partial charge in [-0.1, -0.05) is 12.1 Å². The monoisotopic (exact) mass is 241 g/mol. The van der Waals surface area contributed by atoms with Crippen LogP contribution in [-0.2, 0) is 20.1 Å². The molecule has 0 unspecified atom stereocenters. The minimum absolute atomic E-state index is 0.561. The van der Waals surface area contributed by atoms with Gasteiger partial charge in [-0.3, -0.25) is 0 Å². The van der Waals surface area contributed by atoms with E-state index in [2.05, 4.69) is 45.2 Å². The lowest BCUT2D eigenvalue weighted by atomic mass is 10.1. The van der Waals surface area contributed by atoms with Crippen LogP contribution in [0.2, 0.25) is 0 Å². The Kier molecular flexibility index (Phi) is 2.60. The molecule has 2 N–H and O–H groups in total. The minimum Gasteiger partial charge on any atom is -0.340 e. The molecule has 1 aromatic carbocycles. The van der Waals surface area contributed by atoms with Gasteiger partial charge in [0.2, 0.25) is 0 Å². The van der Waals surface area contributed by atoms with E-state index in [-0.39, 0.29) is 0 Å². The minimum atomic E-state index is 0.561. The fraction of sp³-hybridized carbons (Fsp3) is 0.231. The predicted octanol–water partition coefficient (Wildman–Crippen LogP) is 1.28. The highest BCUT2D eigenvalue weighted by atomic mass is 15.3. The highest BCUT2D eigenvalue weighted by Crippen LogP contribution is 2.18. The normalized spacial score (nSPS) is 11.2. The number of hydrogen-bond donors (Lipinski definition) is 1. The van der Waals surface area contributed by atoms with E-state index in [0.717, 1.165) is 11.4 Å². The average Bonchev–Trinajstić information content (AvgIpc) is 2.97. The summed E-state index contributed by atoms with van der Waals surface area (Å²) >= 11 is 0. The Balaban J connectivity index is 2.04. The number of aryl methyl sites for hydroxylation is 1. The summed E-state index contributed by atoms with van der Waals surface area (Å²) in [4.78, 5) is 0. The molecule has 0 radical (unpaired) electrons. The molecule has 5 nitrogen and oxygen atoms in total. The van der Waals surface area contributed by atoms with E-state index in [1.807, 2.05) is 11.6 Å². The summed E-state index contributed by atoms with van der Waals surface area (Å²) in [6.45, 7) is 1.28. The summed E-state index contributed by atoms with van der Waals surface area (Å²) in [5.41, 5.74) is 8.00. The molecule has 0 aliphatic rings. The maximum Gasteiger partial charge on any atom is 0.152 e. The lowest BCUT2D eigenvalue weighted by Crippen LogP contribution is -2.05. The molecule has 2 aromatic heterocycles. The molecule has 5 heteroatoms. The van der Waals surface area contributed by atoms with Gasteiger partial charge in [-0.15, -0.1) is 10.2 Å². The summed E-state index contributed by atoms with van der Waals surface area (Å²) < 4.78 is 4.09. The van der Waals surface area contributed by atoms with Crippen LogP contribution in [0.4, 0.5) is 0 Å². The molecule has 3 aromatic rings. The predicted molar refractivity (Wildman–Crippen MR) is 69.9 cm³/mol. The SMILES string of the molecule is Cn1cnnc1Cn1ccc2ccc(CN)cc21. The van der Waals surface area contributed by atoms with Gasteiger partial charge < -0.3 is 14.9 Å². The van der Waals surface area contributed by atoms with Gasteiger partial charge in [0, 0.05) is 25.3 Å². The smallest absolute Gasteiger partial charge is 0.152 e. The lowest BCUT2D eigenvalue weighted by Gasteiger charge is -2.06. The Morgan fingerprint density at radius 3 is 2.89 bits per heavy atom. The highest BCUT2D eigenvalue weighted by molar-refractivity contribution is 5.80. The molecule has 18 heavy (non-hydrogen) atoms. The molecule has 0 saturated heterocycles. The highest BCUT2D eigenvalue weighted by Gasteiger charge is 2.06. The van der Waals surface area contributed by atoms with E-state index in [1.165, 1.54) is 10.9 Å². The van der Waals surface area contributed by atoms with Crippen molar-refractivity contribution in [3.63, 3.8) is 0 Å². The number of benzene rings is 1. The standard InChI is InChI=1S/C13H15N5/c1-17-9-15-16-13(17)8-18-5-4-11-3-2-10(7-14)6-12(11)18/h2-6,9H,7-8,14H2,1H3. The maximum atomic E-state index is 5.68. The van der Waals surface area contributed by atoms with Crippen molar-refractivity contribution in [3.8, 4) is 0 Å². The van der Waals surface area contributed by atoms with Crippen LogP contribution >= 0.6 is 0 Å². The van der Waals surface area contributed by atoms with Crippen LogP contribution in [0.15, 0.2) is 36.8 Å². The molecule has 0 fully saturated rings. The maximum absolute atomic E-state index is 5.68. The van der Waals surface area contributed by atoms with Crippen LogP contribution in [0.25, 0.3) is 10.9 Å². The third-order valence-corrected chi connectivity index (χ3v) is 3.19. The molecular weight excluding hydrogens is 226 g/mol. The molecule has 0 aliphatic carbocycles. The number of nitrogens with zero attached hydrogens (tertiary/aromatic N) is 4. The van der Waals surface area contributed by atoms with Gasteiger partial charge >= 0.3 is 0 Å². The molecule has 0 aliphatic heterocycles. The van der Waals surface area contributed by atoms with Gasteiger partial charge in [0.15, 0.2) is 5.82 Å². The molecule has 2 heterocycles. The fourth-order valence-corrected chi connectivity index (χ4v) is 2.10. The van der Waals surface area contributed by atoms with E-state index in [1.54, 1.807) is 6.33 Å². The zero-order chi connectivity index (χ0) is 12.5. The van der Waals surface area contributed by atoms with Crippen LogP contribution in [-0.4, -0.2) is 19.3 Å². The second-order valence-corrected chi connectivity index (χ2v) is 4.40. The number of hydrogen-bond acceptors (Lipinski definition) is 3. The van der Waals surface area contributed by atoms with Crippen molar-refractivity contribution in [2.45, 2.75) is 13.1 Å². The van der Waals surface area contributed by atoms with E-state index < -0.39 is 0 Å². The van der Waals surface area contributed by atoms with Gasteiger partial charge in [0.25, 0.3) is 0 Å². The van der Waals surface area contributed by atoms with Crippen molar-refractivity contribution in [3.05, 3.63) is 48.2 Å². The molecule has 0 atom stereocenters. The van der Waals surface area contributed by atoms with Crippen molar-refractivity contribution in [2.75, 3.05) is 0 Å². The van der Waals surface area contributed by atoms with Crippen LogP contribution in [0.1, 0.15) is 11.4 Å². The number of rotatable bonds is 3. The first kappa shape index (κ1) is 11.0. The summed E-state index contributed by atoms with van der Waals surface area (Å²) in [7, 11) is 1.95. The zero-order valence-corrected chi connectivity index (χ0v) is 10.2. The van der Waals surface area contributed by atoms with Crippen molar-refractivity contribution in [1.82, 2.24) is 19.3 Å². The van der Waals surface area contributed by atoms with Gasteiger partial charge in [0.05, 0.1) is 6.54 Å². The quantitative estimate of drug-likeness (QED) is 0.751. The molecule has 0 saturated carbocycles. The van der Waals surface area contributed by atoms with Crippen molar-refractivity contribution in [1.29, 1.82) is 0 Å². The summed E-state index contributed by atoms with van der Waals surface area (Å²) in [6.07, 6.45) is 3.78. The lowest BCUT2D eigenvalue weighted by molar-refractivity contribution is 0.716. The first-order chi connectivity index (χ1) is 8.78. The Labute approximate surface area is 105 Å². The number of aromatic nitrogens is 4. The fourth-order valence-electron chi connectivity index (χ4n) is 2.10. The average molecular weight is 241 g/mol. The molecule has 0 bridgehead atoms. The zero-order valence-electron chi connectivity index (χ0n) is 10.2. The van der Waals surface area contributed by atoms with Crippen molar-refractivity contribution in [2.24, 2.45) is 12.8 Å². The first-order valence-corrected chi connectivity index (χ1v) is 5.88. The Hall–Kier alpha value is -2.14. The Morgan fingerprint density at radius 2 is 2.17 bits per heavy atom. The van der Waals surface area contributed by atoms with Gasteiger partial charge in [-0.25, -0.2) is 0 Å². The van der Waals surface area contributed by atoms with Crippen LogP contribution in [0.3, 0.4) is 0 Å². The third-order valence-electron chi connectivity index (χ3n) is 3.19. The largest absolute Gasteiger partial charge is 0.340 e. The van der Waals surface area contributed by atoms with E-state index in [4.69, 9.17) is 5.73 Å². The van der Waals surface area contributed by atoms with Crippen LogP contribution in [0.5, 0.6) is 0 Å². The number of fused-ring (bicyclic) bond motifs is 1. The Bertz CT molecular complexity index is 680. The molecule has 0 spiro atoms. The number of nitrogens with two attached hydrogens (primary N) is 1. The van der Waals surface area contributed by atoms with Gasteiger partial charge in [-0.05, 0) is 23.1 Å². The van der Waals surface area contributed by atoms with Crippen LogP contribution < -0.4 is 5.73 Å². The summed E-state index contributed by atoms with van der Waals surface area (Å²) in [5.74, 6) is 0.936. The summed E-state index contributed by atoms with van der Waals surface area (Å²) in [5, 5.41) is 9.22. The van der Waals surface area contributed by atoms with Crippen molar-refractivity contribution >= 4 is 10.9 Å². The van der Waals surface area contributed by atoms with Gasteiger partial charge in [0.1, 0.15) is 6.33 Å². The molecule has 3 rings (SSSR count). The van der Waals surface area contributed by atoms with Crippen LogP contribution in [0, 0.1) is 0 Å². The second-order valence-electron chi connectivity index (χ2n) is 4.40. The van der Waals surface area contributed by atoms with Gasteiger partial charge in [-0.2, -0.15) is 0 Å². The second kappa shape index (κ2) is 4.27. The third kappa shape index (κ3) is 1.78. The molecule has 0 amide bonds. The topological polar surface area (TPSA) is 61.7 Å². The Morgan fingerprint density at radius 1 is 1.28 bits per heavy atom. The van der Waals surface area contributed by atoms with E-state index >= 15 is 0 Å². The van der Waals surface area contributed by atoms with Crippen molar-refractivity contribution < 1.29 is 0 Å². The van der Waals surface area contributed by atoms with E-state index in [9.17, 15) is 0 Å². The molecular formula is C13H15N5.